The van der Waals surface area contributed by atoms with Crippen molar-refractivity contribution in [2.24, 2.45) is 0 Å². The smallest absolute Gasteiger partial charge is 0.243 e. The number of tetrazole rings is 1. The third-order valence-electron chi connectivity index (χ3n) is 2.42. The van der Waals surface area contributed by atoms with Gasteiger partial charge < -0.3 is 10.6 Å². The normalized spacial score (nSPS) is 21.6. The van der Waals surface area contributed by atoms with Crippen LogP contribution in [0.4, 0.5) is 0 Å². The van der Waals surface area contributed by atoms with Crippen LogP contribution in [0, 0.1) is 0 Å². The van der Waals surface area contributed by atoms with E-state index in [1.165, 1.54) is 0 Å². The van der Waals surface area contributed by atoms with Gasteiger partial charge in [0.1, 0.15) is 6.04 Å². The number of carbonyl (C=O) groups is 2. The first kappa shape index (κ1) is 10.5. The molecule has 0 saturated carbocycles. The van der Waals surface area contributed by atoms with E-state index in [-0.39, 0.29) is 17.9 Å². The molecule has 1 aromatic rings. The van der Waals surface area contributed by atoms with Gasteiger partial charge >= 0.3 is 0 Å². The fraction of sp³-hybridized carbons (Fsp3) is 0.625. The summed E-state index contributed by atoms with van der Waals surface area (Å²) in [5.74, 6) is 0.105. The summed E-state index contributed by atoms with van der Waals surface area (Å²) in [5.41, 5.74) is 0. The fourth-order valence-electron chi connectivity index (χ4n) is 1.54. The molecular formula is C8H12N6O2. The largest absolute Gasteiger partial charge is 0.344 e. The summed E-state index contributed by atoms with van der Waals surface area (Å²) in [5, 5.41) is 18.5. The molecule has 8 heteroatoms. The Morgan fingerprint density at radius 2 is 2.44 bits per heavy atom. The molecule has 8 nitrogen and oxygen atoms in total. The van der Waals surface area contributed by atoms with Gasteiger partial charge in [0.2, 0.25) is 11.8 Å². The van der Waals surface area contributed by atoms with E-state index in [0.29, 0.717) is 18.7 Å². The van der Waals surface area contributed by atoms with Gasteiger partial charge in [0.05, 0.1) is 6.04 Å². The molecule has 0 spiro atoms. The maximum absolute atomic E-state index is 11.7. The number of carbonyl (C=O) groups excluding carboxylic acids is 2. The average Bonchev–Trinajstić information content (AvgIpc) is 2.87. The summed E-state index contributed by atoms with van der Waals surface area (Å²) in [7, 11) is 0. The second kappa shape index (κ2) is 4.25. The highest BCUT2D eigenvalue weighted by Crippen LogP contribution is 2.09. The van der Waals surface area contributed by atoms with Gasteiger partial charge in [-0.1, -0.05) is 5.21 Å². The number of hydrogen-bond acceptors (Lipinski definition) is 5. The lowest BCUT2D eigenvalue weighted by Gasteiger charge is -2.14. The standard InChI is InChI=1S/C8H12N6O2/c1-4(7-11-13-14-12-7)9-8(16)5-2-3-6(15)10-5/h4-5H,2-3H2,1H3,(H,9,16)(H,10,15)(H,11,12,13,14)/t4-,5?/m0/s1. The SMILES string of the molecule is C[C@H](NC(=O)C1CCC(=O)N1)c1nn[nH]n1. The summed E-state index contributed by atoms with van der Waals surface area (Å²) in [6.07, 6.45) is 0.929. The van der Waals surface area contributed by atoms with E-state index in [4.69, 9.17) is 0 Å². The van der Waals surface area contributed by atoms with Gasteiger partial charge in [0.25, 0.3) is 0 Å². The van der Waals surface area contributed by atoms with Gasteiger partial charge in [0, 0.05) is 6.42 Å². The Morgan fingerprint density at radius 3 is 3.00 bits per heavy atom. The van der Waals surface area contributed by atoms with Crippen LogP contribution in [0.2, 0.25) is 0 Å². The molecule has 2 amide bonds. The lowest BCUT2D eigenvalue weighted by molar-refractivity contribution is -0.126. The van der Waals surface area contributed by atoms with Gasteiger partial charge in [-0.2, -0.15) is 5.21 Å². The first-order valence-electron chi connectivity index (χ1n) is 5.00. The van der Waals surface area contributed by atoms with Gasteiger partial charge in [0.15, 0.2) is 5.82 Å². The molecule has 86 valence electrons. The Morgan fingerprint density at radius 1 is 1.62 bits per heavy atom. The molecular weight excluding hydrogens is 212 g/mol. The number of nitrogens with zero attached hydrogens (tertiary/aromatic N) is 3. The molecule has 1 unspecified atom stereocenters. The second-order valence-corrected chi connectivity index (χ2v) is 3.66. The molecule has 16 heavy (non-hydrogen) atoms. The van der Waals surface area contributed by atoms with Crippen LogP contribution in [0.25, 0.3) is 0 Å². The average molecular weight is 224 g/mol. The number of amides is 2. The van der Waals surface area contributed by atoms with Crippen molar-refractivity contribution in [1.29, 1.82) is 0 Å². The zero-order valence-electron chi connectivity index (χ0n) is 8.73. The lowest BCUT2D eigenvalue weighted by Crippen LogP contribution is -2.42. The maximum Gasteiger partial charge on any atom is 0.243 e. The Bertz CT molecular complexity index is 389. The predicted octanol–water partition coefficient (Wildman–Crippen LogP) is -1.34. The molecule has 1 saturated heterocycles. The van der Waals surface area contributed by atoms with Gasteiger partial charge in [-0.25, -0.2) is 0 Å². The highest BCUT2D eigenvalue weighted by Gasteiger charge is 2.28. The highest BCUT2D eigenvalue weighted by molar-refractivity contribution is 5.90. The highest BCUT2D eigenvalue weighted by atomic mass is 16.2. The van der Waals surface area contributed by atoms with Crippen molar-refractivity contribution in [3.63, 3.8) is 0 Å². The fourth-order valence-corrected chi connectivity index (χ4v) is 1.54. The zero-order chi connectivity index (χ0) is 11.5. The van der Waals surface area contributed by atoms with Crippen molar-refractivity contribution < 1.29 is 9.59 Å². The molecule has 0 aromatic carbocycles. The number of aromatic nitrogens is 4. The molecule has 1 aliphatic rings. The summed E-state index contributed by atoms with van der Waals surface area (Å²) in [4.78, 5) is 22.6. The second-order valence-electron chi connectivity index (χ2n) is 3.66. The van der Waals surface area contributed by atoms with Crippen LogP contribution in [0.5, 0.6) is 0 Å². The first-order chi connectivity index (χ1) is 7.66. The van der Waals surface area contributed by atoms with E-state index in [0.717, 1.165) is 0 Å². The van der Waals surface area contributed by atoms with E-state index < -0.39 is 6.04 Å². The minimum Gasteiger partial charge on any atom is -0.344 e. The Kier molecular flexibility index (Phi) is 2.80. The van der Waals surface area contributed by atoms with Crippen LogP contribution in [-0.4, -0.2) is 38.5 Å². The van der Waals surface area contributed by atoms with Crippen molar-refractivity contribution in [1.82, 2.24) is 31.3 Å². The van der Waals surface area contributed by atoms with Crippen molar-refractivity contribution in [3.05, 3.63) is 5.82 Å². The molecule has 0 bridgehead atoms. The summed E-state index contributed by atoms with van der Waals surface area (Å²) >= 11 is 0. The van der Waals surface area contributed by atoms with Crippen molar-refractivity contribution in [2.45, 2.75) is 31.8 Å². The monoisotopic (exact) mass is 224 g/mol. The lowest BCUT2D eigenvalue weighted by atomic mass is 10.2. The van der Waals surface area contributed by atoms with Crippen LogP contribution < -0.4 is 10.6 Å². The molecule has 2 atom stereocenters. The topological polar surface area (TPSA) is 113 Å². The number of nitrogens with one attached hydrogen (secondary N) is 3. The molecule has 0 aliphatic carbocycles. The molecule has 1 aromatic heterocycles. The van der Waals surface area contributed by atoms with Crippen LogP contribution in [0.1, 0.15) is 31.6 Å². The minimum atomic E-state index is -0.443. The van der Waals surface area contributed by atoms with E-state index >= 15 is 0 Å². The summed E-state index contributed by atoms with van der Waals surface area (Å²) < 4.78 is 0. The van der Waals surface area contributed by atoms with E-state index in [9.17, 15) is 9.59 Å². The number of hydrogen-bond donors (Lipinski definition) is 3. The zero-order valence-corrected chi connectivity index (χ0v) is 8.73. The molecule has 1 aliphatic heterocycles. The molecule has 2 rings (SSSR count). The van der Waals surface area contributed by atoms with Crippen molar-refractivity contribution >= 4 is 11.8 Å². The summed E-state index contributed by atoms with van der Waals surface area (Å²) in [6, 6.07) is -0.773. The maximum atomic E-state index is 11.7. The number of aromatic amines is 1. The van der Waals surface area contributed by atoms with Gasteiger partial charge in [-0.05, 0) is 13.3 Å². The molecule has 1 fully saturated rings. The van der Waals surface area contributed by atoms with E-state index in [1.54, 1.807) is 6.92 Å². The Balaban J connectivity index is 1.90. The van der Waals surface area contributed by atoms with Gasteiger partial charge in [-0.3, -0.25) is 9.59 Å². The van der Waals surface area contributed by atoms with Gasteiger partial charge in [-0.15, -0.1) is 10.2 Å². The van der Waals surface area contributed by atoms with Crippen molar-refractivity contribution in [3.8, 4) is 0 Å². The Hall–Kier alpha value is -1.99. The van der Waals surface area contributed by atoms with Crippen LogP contribution >= 0.6 is 0 Å². The Labute approximate surface area is 91.2 Å². The van der Waals surface area contributed by atoms with Crippen LogP contribution in [0.15, 0.2) is 0 Å². The minimum absolute atomic E-state index is 0.0904. The molecule has 3 N–H and O–H groups in total. The number of H-pyrrole nitrogens is 1. The number of rotatable bonds is 3. The summed E-state index contributed by atoms with van der Waals surface area (Å²) in [6.45, 7) is 1.75. The van der Waals surface area contributed by atoms with Crippen molar-refractivity contribution in [2.75, 3.05) is 0 Å². The van der Waals surface area contributed by atoms with E-state index in [2.05, 4.69) is 31.3 Å². The third kappa shape index (κ3) is 2.15. The molecule has 0 radical (unpaired) electrons. The van der Waals surface area contributed by atoms with Crippen LogP contribution in [0.3, 0.4) is 0 Å². The first-order valence-corrected chi connectivity index (χ1v) is 5.00. The predicted molar refractivity (Wildman–Crippen MR) is 51.9 cm³/mol. The quantitative estimate of drug-likeness (QED) is 0.588. The third-order valence-corrected chi connectivity index (χ3v) is 2.42. The van der Waals surface area contributed by atoms with E-state index in [1.807, 2.05) is 0 Å². The van der Waals surface area contributed by atoms with Crippen LogP contribution in [-0.2, 0) is 9.59 Å². The molecule has 2 heterocycles.